The van der Waals surface area contributed by atoms with Gasteiger partial charge in [-0.05, 0) is 41.0 Å². The van der Waals surface area contributed by atoms with Gasteiger partial charge in [0.25, 0.3) is 0 Å². The van der Waals surface area contributed by atoms with Crippen LogP contribution in [0.4, 0.5) is 0 Å². The van der Waals surface area contributed by atoms with E-state index < -0.39 is 6.04 Å². The lowest BCUT2D eigenvalue weighted by Crippen LogP contribution is -2.50. The highest BCUT2D eigenvalue weighted by atomic mass is 35.5. The molecule has 1 atom stereocenters. The van der Waals surface area contributed by atoms with E-state index in [1.54, 1.807) is 48.3 Å². The number of likely N-dealkylation sites (N-methyl/N-ethyl adjacent to an activating group) is 1. The minimum absolute atomic E-state index is 0.0560. The maximum absolute atomic E-state index is 13.5. The Morgan fingerprint density at radius 2 is 1.36 bits per heavy atom. The van der Waals surface area contributed by atoms with Crippen molar-refractivity contribution in [2.24, 2.45) is 0 Å². The van der Waals surface area contributed by atoms with Gasteiger partial charge in [0.05, 0.1) is 26.5 Å². The Balaban J connectivity index is 1.96. The van der Waals surface area contributed by atoms with Crippen LogP contribution in [-0.2, 0) is 29.0 Å². The van der Waals surface area contributed by atoms with Gasteiger partial charge in [-0.15, -0.1) is 0 Å². The molecule has 2 amide bonds. The Labute approximate surface area is 213 Å². The van der Waals surface area contributed by atoms with E-state index >= 15 is 0 Å². The molecule has 0 heterocycles. The summed E-state index contributed by atoms with van der Waals surface area (Å²) in [6.45, 7) is 0.183. The molecule has 3 rings (SSSR count). The minimum atomic E-state index is -0.734. The van der Waals surface area contributed by atoms with Gasteiger partial charge in [-0.1, -0.05) is 88.9 Å². The molecule has 0 fully saturated rings. The van der Waals surface area contributed by atoms with Gasteiger partial charge in [0.1, 0.15) is 6.04 Å². The predicted octanol–water partition coefficient (Wildman–Crippen LogP) is 6.23. The van der Waals surface area contributed by atoms with E-state index in [2.05, 4.69) is 5.32 Å². The second kappa shape index (κ2) is 11.8. The number of halogens is 4. The second-order valence-corrected chi connectivity index (χ2v) is 9.14. The van der Waals surface area contributed by atoms with Gasteiger partial charge in [0.2, 0.25) is 11.8 Å². The van der Waals surface area contributed by atoms with E-state index in [1.165, 1.54) is 0 Å². The Morgan fingerprint density at radius 3 is 1.94 bits per heavy atom. The summed E-state index contributed by atoms with van der Waals surface area (Å²) in [6.07, 6.45) is 0.412. The summed E-state index contributed by atoms with van der Waals surface area (Å²) in [5.74, 6) is -0.495. The van der Waals surface area contributed by atoms with Gasteiger partial charge in [-0.2, -0.15) is 0 Å². The molecule has 0 spiro atoms. The summed E-state index contributed by atoms with van der Waals surface area (Å²) in [6, 6.07) is 19.0. The third-order valence-electron chi connectivity index (χ3n) is 5.19. The Kier molecular flexibility index (Phi) is 9.04. The average Bonchev–Trinajstić information content (AvgIpc) is 2.81. The molecule has 172 valence electrons. The van der Waals surface area contributed by atoms with Crippen LogP contribution in [0.25, 0.3) is 0 Å². The summed E-state index contributed by atoms with van der Waals surface area (Å²) in [5, 5.41) is 4.26. The quantitative estimate of drug-likeness (QED) is 0.380. The van der Waals surface area contributed by atoms with Crippen molar-refractivity contribution in [2.75, 3.05) is 7.05 Å². The van der Waals surface area contributed by atoms with Crippen molar-refractivity contribution in [3.05, 3.63) is 104 Å². The topological polar surface area (TPSA) is 49.4 Å². The van der Waals surface area contributed by atoms with Crippen LogP contribution in [0.1, 0.15) is 16.7 Å². The fraction of sp³-hybridized carbons (Fsp3) is 0.200. The molecule has 0 aromatic heterocycles. The molecule has 8 heteroatoms. The standard InChI is InChI=1S/C25H22Cl4N2O2/c1-30-25(33)23(13-16-5-3-2-4-6-16)31(15-18-8-10-20(27)22(29)12-18)24(32)14-17-7-9-19(26)21(28)11-17/h2-12,23H,13-15H2,1H3,(H,30,33). The normalized spacial score (nSPS) is 11.7. The van der Waals surface area contributed by atoms with Crippen molar-refractivity contribution >= 4 is 58.2 Å². The third-order valence-corrected chi connectivity index (χ3v) is 6.67. The van der Waals surface area contributed by atoms with E-state index in [9.17, 15) is 9.59 Å². The molecule has 0 saturated heterocycles. The second-order valence-electron chi connectivity index (χ2n) is 7.52. The smallest absolute Gasteiger partial charge is 0.242 e. The summed E-state index contributed by atoms with van der Waals surface area (Å²) in [7, 11) is 1.56. The number of nitrogens with one attached hydrogen (secondary N) is 1. The molecule has 1 N–H and O–H groups in total. The lowest BCUT2D eigenvalue weighted by molar-refractivity contribution is -0.140. The molecule has 0 bridgehead atoms. The fourth-order valence-electron chi connectivity index (χ4n) is 3.48. The molecular formula is C25H22Cl4N2O2. The number of nitrogens with zero attached hydrogens (tertiary/aromatic N) is 1. The molecule has 0 radical (unpaired) electrons. The third kappa shape index (κ3) is 6.87. The first-order valence-corrected chi connectivity index (χ1v) is 11.7. The Bertz CT molecular complexity index is 1140. The number of carbonyl (C=O) groups excluding carboxylic acids is 2. The minimum Gasteiger partial charge on any atom is -0.357 e. The molecule has 3 aromatic carbocycles. The zero-order chi connectivity index (χ0) is 24.0. The molecule has 1 unspecified atom stereocenters. The molecular weight excluding hydrogens is 502 g/mol. The van der Waals surface area contributed by atoms with Crippen molar-refractivity contribution in [2.45, 2.75) is 25.4 Å². The van der Waals surface area contributed by atoms with Crippen LogP contribution in [0.2, 0.25) is 20.1 Å². The zero-order valence-corrected chi connectivity index (χ0v) is 20.8. The van der Waals surface area contributed by atoms with E-state index in [1.807, 2.05) is 30.3 Å². The highest BCUT2D eigenvalue weighted by molar-refractivity contribution is 6.42. The van der Waals surface area contributed by atoms with Crippen LogP contribution in [0.5, 0.6) is 0 Å². The van der Waals surface area contributed by atoms with Crippen molar-refractivity contribution < 1.29 is 9.59 Å². The van der Waals surface area contributed by atoms with Crippen molar-refractivity contribution in [3.63, 3.8) is 0 Å². The van der Waals surface area contributed by atoms with E-state index in [0.29, 0.717) is 32.1 Å². The number of amides is 2. The van der Waals surface area contributed by atoms with Gasteiger partial charge >= 0.3 is 0 Å². The molecule has 33 heavy (non-hydrogen) atoms. The summed E-state index contributed by atoms with van der Waals surface area (Å²) < 4.78 is 0. The van der Waals surface area contributed by atoms with Gasteiger partial charge in [0.15, 0.2) is 0 Å². The first kappa shape index (κ1) is 25.4. The lowest BCUT2D eigenvalue weighted by Gasteiger charge is -2.31. The molecule has 0 aliphatic rings. The summed E-state index contributed by atoms with van der Waals surface area (Å²) in [5.41, 5.74) is 2.39. The van der Waals surface area contributed by atoms with Gasteiger partial charge in [-0.3, -0.25) is 9.59 Å². The molecule has 4 nitrogen and oxygen atoms in total. The predicted molar refractivity (Wildman–Crippen MR) is 135 cm³/mol. The van der Waals surface area contributed by atoms with Gasteiger partial charge < -0.3 is 10.2 Å². The van der Waals surface area contributed by atoms with Crippen molar-refractivity contribution in [1.82, 2.24) is 10.2 Å². The monoisotopic (exact) mass is 522 g/mol. The number of carbonyl (C=O) groups is 2. The molecule has 3 aromatic rings. The van der Waals surface area contributed by atoms with Crippen LogP contribution >= 0.6 is 46.4 Å². The van der Waals surface area contributed by atoms with Crippen LogP contribution in [0.15, 0.2) is 66.7 Å². The van der Waals surface area contributed by atoms with Crippen LogP contribution in [-0.4, -0.2) is 29.8 Å². The maximum Gasteiger partial charge on any atom is 0.242 e. The first-order chi connectivity index (χ1) is 15.8. The number of hydrogen-bond acceptors (Lipinski definition) is 2. The SMILES string of the molecule is CNC(=O)C(Cc1ccccc1)N(Cc1ccc(Cl)c(Cl)c1)C(=O)Cc1ccc(Cl)c(Cl)c1. The van der Waals surface area contributed by atoms with Crippen molar-refractivity contribution in [1.29, 1.82) is 0 Å². The highest BCUT2D eigenvalue weighted by Gasteiger charge is 2.30. The average molecular weight is 524 g/mol. The van der Waals surface area contributed by atoms with Gasteiger partial charge in [0, 0.05) is 20.0 Å². The van der Waals surface area contributed by atoms with Crippen LogP contribution in [0, 0.1) is 0 Å². The zero-order valence-electron chi connectivity index (χ0n) is 17.8. The first-order valence-electron chi connectivity index (χ1n) is 10.2. The lowest BCUT2D eigenvalue weighted by atomic mass is 10.0. The fourth-order valence-corrected chi connectivity index (χ4v) is 4.12. The maximum atomic E-state index is 13.5. The summed E-state index contributed by atoms with van der Waals surface area (Å²) in [4.78, 5) is 28.0. The van der Waals surface area contributed by atoms with Crippen molar-refractivity contribution in [3.8, 4) is 0 Å². The van der Waals surface area contributed by atoms with E-state index in [0.717, 1.165) is 11.1 Å². The van der Waals surface area contributed by atoms with E-state index in [-0.39, 0.29) is 24.8 Å². The van der Waals surface area contributed by atoms with Crippen LogP contribution in [0.3, 0.4) is 0 Å². The largest absolute Gasteiger partial charge is 0.357 e. The number of hydrogen-bond donors (Lipinski definition) is 1. The highest BCUT2D eigenvalue weighted by Crippen LogP contribution is 2.26. The molecule has 0 aliphatic carbocycles. The number of benzene rings is 3. The van der Waals surface area contributed by atoms with Crippen LogP contribution < -0.4 is 5.32 Å². The van der Waals surface area contributed by atoms with Gasteiger partial charge in [-0.25, -0.2) is 0 Å². The molecule has 0 aliphatic heterocycles. The summed E-state index contributed by atoms with van der Waals surface area (Å²) >= 11 is 24.4. The number of rotatable bonds is 8. The Hall–Kier alpha value is -2.24. The molecule has 0 saturated carbocycles. The van der Waals surface area contributed by atoms with E-state index in [4.69, 9.17) is 46.4 Å². The Morgan fingerprint density at radius 1 is 0.788 bits per heavy atom.